The quantitative estimate of drug-likeness (QED) is 0.872. The molecule has 0 spiro atoms. The topological polar surface area (TPSA) is 53.5 Å². The summed E-state index contributed by atoms with van der Waals surface area (Å²) in [6.45, 7) is 3.79. The van der Waals surface area contributed by atoms with Crippen LogP contribution in [0.1, 0.15) is 32.1 Å². The van der Waals surface area contributed by atoms with Gasteiger partial charge in [-0.2, -0.15) is 4.98 Å². The van der Waals surface area contributed by atoms with Crippen molar-refractivity contribution in [2.75, 3.05) is 48.4 Å². The molecule has 0 unspecified atom stereocenters. The van der Waals surface area contributed by atoms with Gasteiger partial charge < -0.3 is 19.9 Å². The monoisotopic (exact) mass is 367 g/mol. The molecule has 1 aliphatic carbocycles. The highest BCUT2D eigenvalue weighted by Gasteiger charge is 2.21. The molecule has 0 amide bonds. The van der Waals surface area contributed by atoms with Gasteiger partial charge >= 0.3 is 0 Å². The van der Waals surface area contributed by atoms with Crippen molar-refractivity contribution in [3.05, 3.63) is 36.5 Å². The standard InChI is InChI=1S/C21H29N5O/c1-27-19-10-6-5-9-18(19)25-13-15-26(16-14-25)20-11-12-22-21(24-20)23-17-7-3-2-4-8-17/h5-6,9-12,17H,2-4,7-8,13-16H2,1H3,(H,22,23,24). The van der Waals surface area contributed by atoms with Gasteiger partial charge in [-0.15, -0.1) is 0 Å². The Morgan fingerprint density at radius 3 is 2.48 bits per heavy atom. The zero-order valence-electron chi connectivity index (χ0n) is 16.1. The van der Waals surface area contributed by atoms with E-state index < -0.39 is 0 Å². The third kappa shape index (κ3) is 4.26. The van der Waals surface area contributed by atoms with Gasteiger partial charge in [0, 0.05) is 38.4 Å². The zero-order chi connectivity index (χ0) is 18.5. The van der Waals surface area contributed by atoms with Gasteiger partial charge in [-0.3, -0.25) is 0 Å². The average molecular weight is 367 g/mol. The Labute approximate surface area is 161 Å². The van der Waals surface area contributed by atoms with Gasteiger partial charge in [-0.25, -0.2) is 4.98 Å². The van der Waals surface area contributed by atoms with E-state index in [0.29, 0.717) is 6.04 Å². The van der Waals surface area contributed by atoms with Crippen molar-refractivity contribution < 1.29 is 4.74 Å². The number of piperazine rings is 1. The van der Waals surface area contributed by atoms with Crippen LogP contribution in [0.15, 0.2) is 36.5 Å². The van der Waals surface area contributed by atoms with E-state index in [1.165, 1.54) is 37.8 Å². The van der Waals surface area contributed by atoms with Crippen LogP contribution in [0.5, 0.6) is 5.75 Å². The summed E-state index contributed by atoms with van der Waals surface area (Å²) in [6.07, 6.45) is 8.30. The molecule has 6 nitrogen and oxygen atoms in total. The lowest BCUT2D eigenvalue weighted by molar-refractivity contribution is 0.413. The molecule has 27 heavy (non-hydrogen) atoms. The van der Waals surface area contributed by atoms with Gasteiger partial charge in [0.1, 0.15) is 11.6 Å². The Balaban J connectivity index is 1.38. The third-order valence-corrected chi connectivity index (χ3v) is 5.61. The maximum atomic E-state index is 5.51. The average Bonchev–Trinajstić information content (AvgIpc) is 2.75. The number of hydrogen-bond acceptors (Lipinski definition) is 6. The van der Waals surface area contributed by atoms with Crippen LogP contribution < -0.4 is 19.9 Å². The number of rotatable bonds is 5. The van der Waals surface area contributed by atoms with Crippen molar-refractivity contribution in [3.8, 4) is 5.75 Å². The highest BCUT2D eigenvalue weighted by molar-refractivity contribution is 5.59. The van der Waals surface area contributed by atoms with Gasteiger partial charge in [0.25, 0.3) is 0 Å². The molecule has 1 aliphatic heterocycles. The summed E-state index contributed by atoms with van der Waals surface area (Å²) in [5.41, 5.74) is 1.17. The molecule has 4 rings (SSSR count). The number of anilines is 3. The fourth-order valence-corrected chi connectivity index (χ4v) is 4.09. The zero-order valence-corrected chi connectivity index (χ0v) is 16.1. The molecule has 2 aliphatic rings. The van der Waals surface area contributed by atoms with Crippen LogP contribution >= 0.6 is 0 Å². The highest BCUT2D eigenvalue weighted by Crippen LogP contribution is 2.29. The number of hydrogen-bond donors (Lipinski definition) is 1. The van der Waals surface area contributed by atoms with Gasteiger partial charge in [-0.1, -0.05) is 31.4 Å². The number of nitrogens with zero attached hydrogens (tertiary/aromatic N) is 4. The summed E-state index contributed by atoms with van der Waals surface area (Å²) < 4.78 is 5.51. The second-order valence-electron chi connectivity index (χ2n) is 7.36. The van der Waals surface area contributed by atoms with Gasteiger partial charge in [0.15, 0.2) is 0 Å². The molecule has 0 atom stereocenters. The third-order valence-electron chi connectivity index (χ3n) is 5.61. The minimum absolute atomic E-state index is 0.524. The maximum Gasteiger partial charge on any atom is 0.224 e. The van der Waals surface area contributed by atoms with Crippen LogP contribution in [0, 0.1) is 0 Å². The van der Waals surface area contributed by atoms with Crippen LogP contribution in [0.3, 0.4) is 0 Å². The van der Waals surface area contributed by atoms with E-state index in [4.69, 9.17) is 9.72 Å². The van der Waals surface area contributed by atoms with Crippen molar-refractivity contribution >= 4 is 17.5 Å². The van der Waals surface area contributed by atoms with E-state index in [1.807, 2.05) is 24.4 Å². The smallest absolute Gasteiger partial charge is 0.224 e. The van der Waals surface area contributed by atoms with Crippen LogP contribution in [-0.2, 0) is 0 Å². The normalized spacial score (nSPS) is 18.4. The fraction of sp³-hybridized carbons (Fsp3) is 0.524. The molecule has 1 N–H and O–H groups in total. The molecule has 1 saturated carbocycles. The first-order valence-electron chi connectivity index (χ1n) is 10.1. The van der Waals surface area contributed by atoms with Gasteiger partial charge in [0.05, 0.1) is 12.8 Å². The summed E-state index contributed by atoms with van der Waals surface area (Å²) in [5, 5.41) is 3.53. The molecule has 0 bridgehead atoms. The Morgan fingerprint density at radius 1 is 0.963 bits per heavy atom. The minimum Gasteiger partial charge on any atom is -0.495 e. The summed E-state index contributed by atoms with van der Waals surface area (Å²) >= 11 is 0. The summed E-state index contributed by atoms with van der Waals surface area (Å²) in [5.74, 6) is 2.72. The molecule has 1 saturated heterocycles. The highest BCUT2D eigenvalue weighted by atomic mass is 16.5. The summed E-state index contributed by atoms with van der Waals surface area (Å²) in [4.78, 5) is 14.0. The summed E-state index contributed by atoms with van der Waals surface area (Å²) in [7, 11) is 1.73. The molecule has 144 valence electrons. The van der Waals surface area contributed by atoms with E-state index in [2.05, 4.69) is 32.2 Å². The number of methoxy groups -OCH3 is 1. The Bertz CT molecular complexity index is 739. The van der Waals surface area contributed by atoms with Crippen molar-refractivity contribution in [1.82, 2.24) is 9.97 Å². The fourth-order valence-electron chi connectivity index (χ4n) is 4.09. The number of para-hydroxylation sites is 2. The van der Waals surface area contributed by atoms with E-state index in [9.17, 15) is 0 Å². The molecule has 1 aromatic carbocycles. The number of benzene rings is 1. The van der Waals surface area contributed by atoms with Crippen LogP contribution in [0.2, 0.25) is 0 Å². The molecule has 2 fully saturated rings. The second kappa shape index (κ2) is 8.46. The number of ether oxygens (including phenoxy) is 1. The molecule has 6 heteroatoms. The predicted octanol–water partition coefficient (Wildman–Crippen LogP) is 3.56. The molecule has 2 heterocycles. The first kappa shape index (κ1) is 17.9. The Hall–Kier alpha value is -2.50. The van der Waals surface area contributed by atoms with Crippen molar-refractivity contribution in [3.63, 3.8) is 0 Å². The molecule has 0 radical (unpaired) electrons. The number of aromatic nitrogens is 2. The second-order valence-corrected chi connectivity index (χ2v) is 7.36. The SMILES string of the molecule is COc1ccccc1N1CCN(c2ccnc(NC3CCCCC3)n2)CC1. The van der Waals surface area contributed by atoms with Gasteiger partial charge in [-0.05, 0) is 31.0 Å². The van der Waals surface area contributed by atoms with E-state index >= 15 is 0 Å². The van der Waals surface area contributed by atoms with Crippen LogP contribution in [0.4, 0.5) is 17.5 Å². The maximum absolute atomic E-state index is 5.51. The lowest BCUT2D eigenvalue weighted by atomic mass is 9.96. The van der Waals surface area contributed by atoms with Crippen molar-refractivity contribution in [2.45, 2.75) is 38.1 Å². The lowest BCUT2D eigenvalue weighted by Crippen LogP contribution is -2.47. The van der Waals surface area contributed by atoms with Crippen molar-refractivity contribution in [1.29, 1.82) is 0 Å². The largest absolute Gasteiger partial charge is 0.495 e. The van der Waals surface area contributed by atoms with Crippen LogP contribution in [0.25, 0.3) is 0 Å². The Kier molecular flexibility index (Phi) is 5.61. The Morgan fingerprint density at radius 2 is 1.70 bits per heavy atom. The minimum atomic E-state index is 0.524. The van der Waals surface area contributed by atoms with E-state index in [1.54, 1.807) is 7.11 Å². The first-order chi connectivity index (χ1) is 13.3. The van der Waals surface area contributed by atoms with E-state index in [0.717, 1.165) is 43.7 Å². The predicted molar refractivity (Wildman–Crippen MR) is 110 cm³/mol. The summed E-state index contributed by atoms with van der Waals surface area (Å²) in [6, 6.07) is 10.8. The molecule has 1 aromatic heterocycles. The van der Waals surface area contributed by atoms with Gasteiger partial charge in [0.2, 0.25) is 5.95 Å². The number of nitrogens with one attached hydrogen (secondary N) is 1. The first-order valence-corrected chi connectivity index (χ1v) is 10.1. The van der Waals surface area contributed by atoms with Crippen LogP contribution in [-0.4, -0.2) is 49.3 Å². The molecular formula is C21H29N5O. The molecular weight excluding hydrogens is 338 g/mol. The molecule has 2 aromatic rings. The van der Waals surface area contributed by atoms with Crippen molar-refractivity contribution in [2.24, 2.45) is 0 Å². The lowest BCUT2D eigenvalue weighted by Gasteiger charge is -2.37. The van der Waals surface area contributed by atoms with E-state index in [-0.39, 0.29) is 0 Å².